The third-order valence-electron chi connectivity index (χ3n) is 6.10. The molecule has 196 valence electrons. The molecule has 36 heavy (non-hydrogen) atoms. The monoisotopic (exact) mass is 535 g/mol. The van der Waals surface area contributed by atoms with E-state index in [0.29, 0.717) is 46.2 Å². The second-order valence-electron chi connectivity index (χ2n) is 8.97. The van der Waals surface area contributed by atoms with Crippen LogP contribution in [0.4, 0.5) is 0 Å². The molecule has 0 amide bonds. The first-order valence-corrected chi connectivity index (χ1v) is 13.0. The summed E-state index contributed by atoms with van der Waals surface area (Å²) in [6, 6.07) is 11.8. The van der Waals surface area contributed by atoms with Crippen LogP contribution in [0.3, 0.4) is 0 Å². The smallest absolute Gasteiger partial charge is 0.248 e. The van der Waals surface area contributed by atoms with Crippen molar-refractivity contribution in [3.8, 4) is 5.75 Å². The van der Waals surface area contributed by atoms with Crippen LogP contribution in [0, 0.1) is 0 Å². The molecule has 1 aromatic heterocycles. The van der Waals surface area contributed by atoms with E-state index in [4.69, 9.17) is 27.9 Å². The predicted molar refractivity (Wildman–Crippen MR) is 146 cm³/mol. The number of ether oxygens (including phenoxy) is 1. The van der Waals surface area contributed by atoms with Crippen molar-refractivity contribution >= 4 is 34.1 Å². The zero-order valence-electron chi connectivity index (χ0n) is 20.6. The third kappa shape index (κ3) is 8.47. The molecule has 0 aliphatic heterocycles. The molecule has 0 radical (unpaired) electrons. The Kier molecular flexibility index (Phi) is 11.5. The van der Waals surface area contributed by atoms with Gasteiger partial charge in [-0.15, -0.1) is 0 Å². The minimum atomic E-state index is -0.737. The van der Waals surface area contributed by atoms with E-state index in [0.717, 1.165) is 50.9 Å². The zero-order chi connectivity index (χ0) is 25.9. The van der Waals surface area contributed by atoms with Gasteiger partial charge in [-0.25, -0.2) is 0 Å². The number of benzene rings is 2. The summed E-state index contributed by atoms with van der Waals surface area (Å²) in [4.78, 5) is 16.3. The highest BCUT2D eigenvalue weighted by Crippen LogP contribution is 2.28. The van der Waals surface area contributed by atoms with E-state index < -0.39 is 6.10 Å². The quantitative estimate of drug-likeness (QED) is 0.207. The third-order valence-corrected chi connectivity index (χ3v) is 6.81. The number of pyridine rings is 1. The number of fused-ring (bicyclic) bond motifs is 1. The van der Waals surface area contributed by atoms with Gasteiger partial charge >= 0.3 is 0 Å². The van der Waals surface area contributed by atoms with Crippen molar-refractivity contribution in [3.63, 3.8) is 0 Å². The fourth-order valence-electron chi connectivity index (χ4n) is 4.06. The average Bonchev–Trinajstić information content (AvgIpc) is 2.85. The molecule has 1 unspecified atom stereocenters. The summed E-state index contributed by atoms with van der Waals surface area (Å²) in [5.41, 5.74) is 1.67. The number of aromatic amines is 1. The van der Waals surface area contributed by atoms with Crippen molar-refractivity contribution in [2.24, 2.45) is 0 Å². The van der Waals surface area contributed by atoms with E-state index in [1.165, 1.54) is 12.1 Å². The number of nitrogens with one attached hydrogen (secondary N) is 2. The Hall–Kier alpha value is -2.13. The summed E-state index contributed by atoms with van der Waals surface area (Å²) in [5.74, 6) is -0.00961. The van der Waals surface area contributed by atoms with Gasteiger partial charge in [0.05, 0.1) is 18.2 Å². The maximum absolute atomic E-state index is 11.5. The first kappa shape index (κ1) is 28.4. The Bertz CT molecular complexity index is 1150. The van der Waals surface area contributed by atoms with Crippen molar-refractivity contribution in [1.82, 2.24) is 15.2 Å². The lowest BCUT2D eigenvalue weighted by Crippen LogP contribution is -2.23. The van der Waals surface area contributed by atoms with Gasteiger partial charge in [0.15, 0.2) is 0 Å². The van der Waals surface area contributed by atoms with Crippen LogP contribution >= 0.6 is 23.2 Å². The molecule has 0 saturated heterocycles. The van der Waals surface area contributed by atoms with Crippen LogP contribution in [0.25, 0.3) is 10.9 Å². The Morgan fingerprint density at radius 1 is 1.03 bits per heavy atom. The van der Waals surface area contributed by atoms with E-state index in [-0.39, 0.29) is 11.3 Å². The van der Waals surface area contributed by atoms with E-state index in [1.807, 2.05) is 25.2 Å². The number of hydrogen-bond donors (Lipinski definition) is 4. The van der Waals surface area contributed by atoms with Gasteiger partial charge in [0.25, 0.3) is 0 Å². The zero-order valence-corrected chi connectivity index (χ0v) is 22.1. The summed E-state index contributed by atoms with van der Waals surface area (Å²) in [6.07, 6.45) is 3.46. The molecule has 0 aliphatic carbocycles. The molecule has 4 N–H and O–H groups in total. The second kappa shape index (κ2) is 14.6. The van der Waals surface area contributed by atoms with Crippen molar-refractivity contribution in [3.05, 3.63) is 74.0 Å². The summed E-state index contributed by atoms with van der Waals surface area (Å²) >= 11 is 12.5. The van der Waals surface area contributed by atoms with E-state index in [2.05, 4.69) is 15.2 Å². The molecule has 0 fully saturated rings. The molecule has 3 aromatic rings. The number of phenols is 1. The SMILES string of the molecule is CN(CCOCCCCCCNCC(O)c1ccc(O)c2[nH]c(=O)ccc12)Cc1c(Cl)cccc1Cl. The van der Waals surface area contributed by atoms with Crippen molar-refractivity contribution in [2.45, 2.75) is 38.3 Å². The molecule has 1 atom stereocenters. The van der Waals surface area contributed by atoms with E-state index in [1.54, 1.807) is 12.1 Å². The van der Waals surface area contributed by atoms with Gasteiger partial charge in [0.2, 0.25) is 5.56 Å². The van der Waals surface area contributed by atoms with E-state index >= 15 is 0 Å². The molecule has 0 bridgehead atoms. The molecular weight excluding hydrogens is 501 g/mol. The summed E-state index contributed by atoms with van der Waals surface area (Å²) in [5, 5.41) is 25.9. The number of unbranched alkanes of at least 4 members (excludes halogenated alkanes) is 3. The van der Waals surface area contributed by atoms with Crippen molar-refractivity contribution in [2.75, 3.05) is 39.9 Å². The maximum atomic E-state index is 11.5. The lowest BCUT2D eigenvalue weighted by atomic mass is 10.0. The van der Waals surface area contributed by atoms with Gasteiger partial charge in [-0.3, -0.25) is 9.69 Å². The molecule has 7 nitrogen and oxygen atoms in total. The van der Waals surface area contributed by atoms with Crippen LogP contribution in [0.1, 0.15) is 42.9 Å². The number of aliphatic hydroxyl groups excluding tert-OH is 1. The topological polar surface area (TPSA) is 97.8 Å². The lowest BCUT2D eigenvalue weighted by Gasteiger charge is -2.18. The van der Waals surface area contributed by atoms with E-state index in [9.17, 15) is 15.0 Å². The van der Waals surface area contributed by atoms with Gasteiger partial charge in [0, 0.05) is 53.3 Å². The molecule has 3 rings (SSSR count). The Morgan fingerprint density at radius 2 is 1.78 bits per heavy atom. The van der Waals surface area contributed by atoms with Gasteiger partial charge in [-0.1, -0.05) is 48.2 Å². The fraction of sp³-hybridized carbons (Fsp3) is 0.444. The normalized spacial score (nSPS) is 12.5. The Balaban J connectivity index is 1.23. The minimum absolute atomic E-state index is 0.00961. The number of H-pyrrole nitrogens is 1. The number of hydrogen-bond acceptors (Lipinski definition) is 6. The van der Waals surface area contributed by atoms with Crippen LogP contribution in [0.2, 0.25) is 10.0 Å². The van der Waals surface area contributed by atoms with Crippen molar-refractivity contribution < 1.29 is 14.9 Å². The average molecular weight is 537 g/mol. The largest absolute Gasteiger partial charge is 0.506 e. The molecular formula is C27H35Cl2N3O4. The first-order chi connectivity index (χ1) is 17.4. The summed E-state index contributed by atoms with van der Waals surface area (Å²) < 4.78 is 5.77. The molecule has 1 heterocycles. The van der Waals surface area contributed by atoms with Crippen LogP contribution < -0.4 is 10.9 Å². The molecule has 0 aliphatic rings. The number of halogens is 2. The molecule has 2 aromatic carbocycles. The lowest BCUT2D eigenvalue weighted by molar-refractivity contribution is 0.106. The second-order valence-corrected chi connectivity index (χ2v) is 9.78. The van der Waals surface area contributed by atoms with Gasteiger partial charge in [0.1, 0.15) is 5.75 Å². The Morgan fingerprint density at radius 3 is 2.56 bits per heavy atom. The number of aliphatic hydroxyl groups is 1. The predicted octanol–water partition coefficient (Wildman–Crippen LogP) is 4.87. The van der Waals surface area contributed by atoms with Crippen molar-refractivity contribution in [1.29, 1.82) is 0 Å². The number of nitrogens with zero attached hydrogens (tertiary/aromatic N) is 1. The first-order valence-electron chi connectivity index (χ1n) is 12.3. The Labute approximate surface area is 222 Å². The summed E-state index contributed by atoms with van der Waals surface area (Å²) in [6.45, 7) is 4.10. The molecule has 0 spiro atoms. The highest BCUT2D eigenvalue weighted by Gasteiger charge is 2.13. The van der Waals surface area contributed by atoms with Crippen LogP contribution in [0.5, 0.6) is 5.75 Å². The molecule has 0 saturated carbocycles. The summed E-state index contributed by atoms with van der Waals surface area (Å²) in [7, 11) is 2.03. The van der Waals surface area contributed by atoms with Gasteiger partial charge in [-0.2, -0.15) is 0 Å². The standard InChI is InChI=1S/C27H35Cl2N3O4/c1-32(18-21-22(28)7-6-8-23(21)29)14-16-36-15-5-3-2-4-13-30-17-25(34)19-9-11-24(33)27-20(19)10-12-26(35)31-27/h6-12,25,30,33-34H,2-5,13-18H2,1H3,(H,31,35). The number of likely N-dealkylation sites (N-methyl/N-ethyl adjacent to an activating group) is 1. The maximum Gasteiger partial charge on any atom is 0.248 e. The van der Waals surface area contributed by atoms with Crippen LogP contribution in [-0.2, 0) is 11.3 Å². The van der Waals surface area contributed by atoms with Gasteiger partial charge < -0.3 is 25.3 Å². The fourth-order valence-corrected chi connectivity index (χ4v) is 4.58. The molecule has 9 heteroatoms. The number of aromatic hydroxyl groups is 1. The highest BCUT2D eigenvalue weighted by atomic mass is 35.5. The highest BCUT2D eigenvalue weighted by molar-refractivity contribution is 6.35. The van der Waals surface area contributed by atoms with Crippen LogP contribution in [0.15, 0.2) is 47.3 Å². The van der Waals surface area contributed by atoms with Crippen LogP contribution in [-0.4, -0.2) is 60.0 Å². The number of aromatic nitrogens is 1. The number of phenolic OH excluding ortho intramolecular Hbond substituents is 1. The number of rotatable bonds is 15. The minimum Gasteiger partial charge on any atom is -0.506 e. The van der Waals surface area contributed by atoms with Gasteiger partial charge in [-0.05, 0) is 56.3 Å².